The lowest BCUT2D eigenvalue weighted by molar-refractivity contribution is 0.104. The number of ether oxygens (including phenoxy) is 2. The lowest BCUT2D eigenvalue weighted by atomic mass is 10.1. The summed E-state index contributed by atoms with van der Waals surface area (Å²) >= 11 is 0. The van der Waals surface area contributed by atoms with Crippen LogP contribution in [0, 0.1) is 6.92 Å². The Bertz CT molecular complexity index is 975. The third-order valence-electron chi connectivity index (χ3n) is 4.39. The number of aromatic nitrogens is 2. The van der Waals surface area contributed by atoms with Gasteiger partial charge in [0.2, 0.25) is 0 Å². The summed E-state index contributed by atoms with van der Waals surface area (Å²) in [5.41, 5.74) is 3.30. The first kappa shape index (κ1) is 19.4. The van der Waals surface area contributed by atoms with Gasteiger partial charge in [-0.15, -0.1) is 0 Å². The molecule has 0 aliphatic carbocycles. The van der Waals surface area contributed by atoms with E-state index in [1.54, 1.807) is 30.1 Å². The van der Waals surface area contributed by atoms with Crippen molar-refractivity contribution in [3.63, 3.8) is 0 Å². The number of benzene rings is 2. The minimum atomic E-state index is -0.0689. The fraction of sp³-hybridized carbons (Fsp3) is 0.217. The Labute approximate surface area is 165 Å². The van der Waals surface area contributed by atoms with E-state index in [1.165, 1.54) is 0 Å². The minimum Gasteiger partial charge on any atom is -0.493 e. The first-order valence-electron chi connectivity index (χ1n) is 9.22. The van der Waals surface area contributed by atoms with Gasteiger partial charge in [0.05, 0.1) is 18.4 Å². The number of methoxy groups -OCH3 is 1. The van der Waals surface area contributed by atoms with Gasteiger partial charge in [-0.25, -0.2) is 0 Å². The number of hydrogen-bond acceptors (Lipinski definition) is 4. The monoisotopic (exact) mass is 376 g/mol. The summed E-state index contributed by atoms with van der Waals surface area (Å²) in [5, 5.41) is 4.32. The molecule has 0 spiro atoms. The van der Waals surface area contributed by atoms with Crippen LogP contribution in [-0.2, 0) is 13.2 Å². The van der Waals surface area contributed by atoms with Crippen LogP contribution in [0.1, 0.15) is 34.1 Å². The second-order valence-electron chi connectivity index (χ2n) is 6.37. The summed E-state index contributed by atoms with van der Waals surface area (Å²) in [6.45, 7) is 5.03. The van der Waals surface area contributed by atoms with Crippen molar-refractivity contribution in [2.24, 2.45) is 0 Å². The van der Waals surface area contributed by atoms with Crippen molar-refractivity contribution in [1.29, 1.82) is 0 Å². The molecule has 0 N–H and O–H groups in total. The molecule has 5 heteroatoms. The summed E-state index contributed by atoms with van der Waals surface area (Å²) in [6.07, 6.45) is 5.11. The summed E-state index contributed by atoms with van der Waals surface area (Å²) < 4.78 is 13.1. The molecular weight excluding hydrogens is 352 g/mol. The van der Waals surface area contributed by atoms with Gasteiger partial charge in [-0.2, -0.15) is 5.10 Å². The van der Waals surface area contributed by atoms with Gasteiger partial charge in [0.25, 0.3) is 0 Å². The summed E-state index contributed by atoms with van der Waals surface area (Å²) in [5.74, 6) is 1.22. The standard InChI is InChI=1S/C23H24N2O3/c1-4-25-15-20(17(2)24-25)21(26)12-10-18-11-13-22(23(14-18)27-3)28-16-19-8-6-5-7-9-19/h5-15H,4,16H2,1-3H3/b12-10+. The molecule has 1 heterocycles. The Morgan fingerprint density at radius 3 is 2.61 bits per heavy atom. The number of allylic oxidation sites excluding steroid dienone is 1. The van der Waals surface area contributed by atoms with Crippen LogP contribution in [0.4, 0.5) is 0 Å². The first-order chi connectivity index (χ1) is 13.6. The number of nitrogens with zero attached hydrogens (tertiary/aromatic N) is 2. The molecule has 3 aromatic rings. The van der Waals surface area contributed by atoms with Crippen LogP contribution in [0.5, 0.6) is 11.5 Å². The Kier molecular flexibility index (Phi) is 6.27. The third kappa shape index (κ3) is 4.68. The third-order valence-corrected chi connectivity index (χ3v) is 4.39. The van der Waals surface area contributed by atoms with Crippen LogP contribution in [0.3, 0.4) is 0 Å². The number of ketones is 1. The lowest BCUT2D eigenvalue weighted by Gasteiger charge is -2.11. The van der Waals surface area contributed by atoms with Gasteiger partial charge in [-0.1, -0.05) is 42.5 Å². The molecule has 2 aromatic carbocycles. The van der Waals surface area contributed by atoms with Gasteiger partial charge in [-0.05, 0) is 43.2 Å². The molecule has 28 heavy (non-hydrogen) atoms. The SMILES string of the molecule is CCn1cc(C(=O)/C=C/c2ccc(OCc3ccccc3)c(OC)c2)c(C)n1. The largest absolute Gasteiger partial charge is 0.493 e. The van der Waals surface area contributed by atoms with E-state index < -0.39 is 0 Å². The average molecular weight is 376 g/mol. The predicted molar refractivity (Wildman–Crippen MR) is 110 cm³/mol. The molecule has 1 aromatic heterocycles. The maximum atomic E-state index is 12.5. The first-order valence-corrected chi connectivity index (χ1v) is 9.22. The fourth-order valence-corrected chi connectivity index (χ4v) is 2.83. The van der Waals surface area contributed by atoms with Crippen molar-refractivity contribution in [2.75, 3.05) is 7.11 Å². The predicted octanol–water partition coefficient (Wildman–Crippen LogP) is 4.70. The summed E-state index contributed by atoms with van der Waals surface area (Å²) in [4.78, 5) is 12.5. The van der Waals surface area contributed by atoms with E-state index in [-0.39, 0.29) is 5.78 Å². The van der Waals surface area contributed by atoms with Crippen molar-refractivity contribution in [3.8, 4) is 11.5 Å². The lowest BCUT2D eigenvalue weighted by Crippen LogP contribution is -1.98. The van der Waals surface area contributed by atoms with E-state index in [0.29, 0.717) is 23.7 Å². The van der Waals surface area contributed by atoms with E-state index in [1.807, 2.05) is 62.4 Å². The molecular formula is C23H24N2O3. The molecule has 0 amide bonds. The van der Waals surface area contributed by atoms with Crippen LogP contribution in [0.2, 0.25) is 0 Å². The minimum absolute atomic E-state index is 0.0689. The van der Waals surface area contributed by atoms with E-state index in [2.05, 4.69) is 5.10 Å². The van der Waals surface area contributed by atoms with Crippen LogP contribution >= 0.6 is 0 Å². The van der Waals surface area contributed by atoms with Gasteiger partial charge in [0.1, 0.15) is 6.61 Å². The van der Waals surface area contributed by atoms with Gasteiger partial charge in [0.15, 0.2) is 17.3 Å². The molecule has 0 bridgehead atoms. The zero-order chi connectivity index (χ0) is 19.9. The van der Waals surface area contributed by atoms with E-state index in [0.717, 1.165) is 23.4 Å². The van der Waals surface area contributed by atoms with Crippen LogP contribution < -0.4 is 9.47 Å². The highest BCUT2D eigenvalue weighted by Gasteiger charge is 2.11. The second kappa shape index (κ2) is 9.04. The van der Waals surface area contributed by atoms with Gasteiger partial charge < -0.3 is 9.47 Å². The van der Waals surface area contributed by atoms with Crippen LogP contribution in [-0.4, -0.2) is 22.7 Å². The molecule has 0 radical (unpaired) electrons. The average Bonchev–Trinajstić information content (AvgIpc) is 3.12. The highest BCUT2D eigenvalue weighted by molar-refractivity contribution is 6.07. The second-order valence-corrected chi connectivity index (χ2v) is 6.37. The van der Waals surface area contributed by atoms with Crippen molar-refractivity contribution in [1.82, 2.24) is 9.78 Å². The molecule has 0 saturated heterocycles. The molecule has 0 atom stereocenters. The molecule has 5 nitrogen and oxygen atoms in total. The van der Waals surface area contributed by atoms with E-state index in [9.17, 15) is 4.79 Å². The van der Waals surface area contributed by atoms with E-state index in [4.69, 9.17) is 9.47 Å². The molecule has 0 aliphatic rings. The molecule has 0 aliphatic heterocycles. The highest BCUT2D eigenvalue weighted by Crippen LogP contribution is 2.29. The van der Waals surface area contributed by atoms with Gasteiger partial charge in [0, 0.05) is 12.7 Å². The number of carbonyl (C=O) groups excluding carboxylic acids is 1. The Hall–Kier alpha value is -3.34. The van der Waals surface area contributed by atoms with Gasteiger partial charge >= 0.3 is 0 Å². The molecule has 0 fully saturated rings. The molecule has 0 unspecified atom stereocenters. The Morgan fingerprint density at radius 2 is 1.93 bits per heavy atom. The van der Waals surface area contributed by atoms with Gasteiger partial charge in [-0.3, -0.25) is 9.48 Å². The maximum absolute atomic E-state index is 12.5. The fourth-order valence-electron chi connectivity index (χ4n) is 2.83. The summed E-state index contributed by atoms with van der Waals surface area (Å²) in [6, 6.07) is 15.6. The van der Waals surface area contributed by atoms with Crippen molar-refractivity contribution in [3.05, 3.63) is 83.2 Å². The highest BCUT2D eigenvalue weighted by atomic mass is 16.5. The number of carbonyl (C=O) groups is 1. The van der Waals surface area contributed by atoms with Crippen molar-refractivity contribution in [2.45, 2.75) is 27.0 Å². The quantitative estimate of drug-likeness (QED) is 0.423. The summed E-state index contributed by atoms with van der Waals surface area (Å²) in [7, 11) is 1.60. The zero-order valence-corrected chi connectivity index (χ0v) is 16.4. The number of aryl methyl sites for hydroxylation is 2. The number of rotatable bonds is 8. The number of hydrogen-bond donors (Lipinski definition) is 0. The maximum Gasteiger partial charge on any atom is 0.189 e. The smallest absolute Gasteiger partial charge is 0.189 e. The van der Waals surface area contributed by atoms with Crippen LogP contribution in [0.25, 0.3) is 6.08 Å². The van der Waals surface area contributed by atoms with Crippen LogP contribution in [0.15, 0.2) is 60.8 Å². The normalized spacial score (nSPS) is 11.0. The Morgan fingerprint density at radius 1 is 1.14 bits per heavy atom. The Balaban J connectivity index is 1.71. The molecule has 0 saturated carbocycles. The van der Waals surface area contributed by atoms with Crippen molar-refractivity contribution >= 4 is 11.9 Å². The topological polar surface area (TPSA) is 53.4 Å². The molecule has 3 rings (SSSR count). The zero-order valence-electron chi connectivity index (χ0n) is 16.4. The van der Waals surface area contributed by atoms with Crippen molar-refractivity contribution < 1.29 is 14.3 Å². The molecule has 144 valence electrons. The van der Waals surface area contributed by atoms with E-state index >= 15 is 0 Å².